The second-order valence-electron chi connectivity index (χ2n) is 3.55. The Balaban J connectivity index is 1.84. The van der Waals surface area contributed by atoms with Crippen molar-refractivity contribution in [2.75, 3.05) is 0 Å². The summed E-state index contributed by atoms with van der Waals surface area (Å²) in [5.74, 6) is 0.697. The number of nitrogens with zero attached hydrogens (tertiary/aromatic N) is 3. The lowest BCUT2D eigenvalue weighted by Gasteiger charge is -1.92. The third-order valence-corrected chi connectivity index (χ3v) is 2.21. The highest BCUT2D eigenvalue weighted by molar-refractivity contribution is 5.66. The van der Waals surface area contributed by atoms with E-state index in [0.29, 0.717) is 36.8 Å². The number of aromatic nitrogens is 4. The monoisotopic (exact) mass is 236 g/mol. The van der Waals surface area contributed by atoms with Crippen LogP contribution in [0.15, 0.2) is 16.9 Å². The summed E-state index contributed by atoms with van der Waals surface area (Å²) >= 11 is 0. The molecule has 0 aromatic carbocycles. The van der Waals surface area contributed by atoms with Gasteiger partial charge in [-0.15, -0.1) is 0 Å². The Morgan fingerprint density at radius 2 is 2.35 bits per heavy atom. The molecule has 0 radical (unpaired) electrons. The third kappa shape index (κ3) is 3.13. The molecule has 0 saturated carbocycles. The largest absolute Gasteiger partial charge is 0.481 e. The van der Waals surface area contributed by atoms with Gasteiger partial charge in [-0.1, -0.05) is 5.16 Å². The molecule has 7 nitrogen and oxygen atoms in total. The van der Waals surface area contributed by atoms with Gasteiger partial charge >= 0.3 is 5.97 Å². The van der Waals surface area contributed by atoms with Crippen molar-refractivity contribution in [3.05, 3.63) is 18.3 Å². The lowest BCUT2D eigenvalue weighted by molar-refractivity contribution is -0.137. The summed E-state index contributed by atoms with van der Waals surface area (Å²) in [5, 5.41) is 12.3. The van der Waals surface area contributed by atoms with E-state index in [9.17, 15) is 4.79 Å². The zero-order chi connectivity index (χ0) is 12.1. The van der Waals surface area contributed by atoms with Gasteiger partial charge in [-0.25, -0.2) is 4.98 Å². The standard InChI is InChI=1S/C10H12N4O3/c15-8(16)4-2-1-3-7-13-10(14-17-7)9-11-5-6-12-9/h5-6H,1-4H2,(H,11,12)(H,15,16). The fourth-order valence-electron chi connectivity index (χ4n) is 1.39. The van der Waals surface area contributed by atoms with E-state index in [1.807, 2.05) is 0 Å². The van der Waals surface area contributed by atoms with Gasteiger partial charge in [-0.3, -0.25) is 4.79 Å². The summed E-state index contributed by atoms with van der Waals surface area (Å²) in [6, 6.07) is 0. The summed E-state index contributed by atoms with van der Waals surface area (Å²) in [6.45, 7) is 0. The number of carboxylic acids is 1. The van der Waals surface area contributed by atoms with Gasteiger partial charge in [0.15, 0.2) is 5.82 Å². The first kappa shape index (κ1) is 11.3. The molecule has 2 aromatic rings. The fourth-order valence-corrected chi connectivity index (χ4v) is 1.39. The zero-order valence-electron chi connectivity index (χ0n) is 9.09. The van der Waals surface area contributed by atoms with Crippen LogP contribution in [0.25, 0.3) is 11.6 Å². The molecule has 0 unspecified atom stereocenters. The maximum absolute atomic E-state index is 10.3. The minimum absolute atomic E-state index is 0.166. The molecule has 0 saturated heterocycles. The Labute approximate surface area is 96.9 Å². The lowest BCUT2D eigenvalue weighted by Crippen LogP contribution is -1.95. The van der Waals surface area contributed by atoms with Crippen molar-refractivity contribution in [2.24, 2.45) is 0 Å². The normalized spacial score (nSPS) is 10.6. The van der Waals surface area contributed by atoms with Crippen LogP contribution < -0.4 is 0 Å². The van der Waals surface area contributed by atoms with Crippen molar-refractivity contribution in [1.29, 1.82) is 0 Å². The van der Waals surface area contributed by atoms with Gasteiger partial charge in [0.2, 0.25) is 11.7 Å². The number of aliphatic carboxylic acids is 1. The molecule has 0 bridgehead atoms. The second-order valence-corrected chi connectivity index (χ2v) is 3.55. The number of unbranched alkanes of at least 4 members (excludes halogenated alkanes) is 1. The van der Waals surface area contributed by atoms with E-state index in [-0.39, 0.29) is 6.42 Å². The van der Waals surface area contributed by atoms with Crippen molar-refractivity contribution in [1.82, 2.24) is 20.1 Å². The number of imidazole rings is 1. The van der Waals surface area contributed by atoms with Crippen molar-refractivity contribution in [2.45, 2.75) is 25.7 Å². The van der Waals surface area contributed by atoms with Crippen LogP contribution in [0, 0.1) is 0 Å². The molecule has 0 spiro atoms. The van der Waals surface area contributed by atoms with Crippen LogP contribution in [-0.4, -0.2) is 31.2 Å². The SMILES string of the molecule is O=C(O)CCCCc1nc(-c2ncc[nH]2)no1. The number of aromatic amines is 1. The molecule has 17 heavy (non-hydrogen) atoms. The highest BCUT2D eigenvalue weighted by Gasteiger charge is 2.10. The molecule has 90 valence electrons. The van der Waals surface area contributed by atoms with Crippen LogP contribution in [-0.2, 0) is 11.2 Å². The number of rotatable bonds is 6. The predicted octanol–water partition coefficient (Wildman–Crippen LogP) is 1.26. The molecule has 0 fully saturated rings. The Morgan fingerprint density at radius 3 is 3.06 bits per heavy atom. The number of hydrogen-bond donors (Lipinski definition) is 2. The summed E-state index contributed by atoms with van der Waals surface area (Å²) in [7, 11) is 0. The summed E-state index contributed by atoms with van der Waals surface area (Å²) in [4.78, 5) is 21.3. The minimum Gasteiger partial charge on any atom is -0.481 e. The fraction of sp³-hybridized carbons (Fsp3) is 0.400. The highest BCUT2D eigenvalue weighted by Crippen LogP contribution is 2.11. The van der Waals surface area contributed by atoms with Crippen LogP contribution >= 0.6 is 0 Å². The van der Waals surface area contributed by atoms with Gasteiger partial charge in [-0.2, -0.15) is 4.98 Å². The van der Waals surface area contributed by atoms with Gasteiger partial charge in [0.25, 0.3) is 0 Å². The van der Waals surface area contributed by atoms with Crippen LogP contribution in [0.3, 0.4) is 0 Å². The van der Waals surface area contributed by atoms with Crippen LogP contribution in [0.2, 0.25) is 0 Å². The first-order valence-electron chi connectivity index (χ1n) is 5.30. The number of carboxylic acid groups (broad SMARTS) is 1. The predicted molar refractivity (Wildman–Crippen MR) is 57.1 cm³/mol. The van der Waals surface area contributed by atoms with E-state index in [2.05, 4.69) is 20.1 Å². The lowest BCUT2D eigenvalue weighted by atomic mass is 10.2. The Bertz CT molecular complexity index is 477. The molecular weight excluding hydrogens is 224 g/mol. The Hall–Kier alpha value is -2.18. The summed E-state index contributed by atoms with van der Waals surface area (Å²) in [6.07, 6.45) is 5.36. The average molecular weight is 236 g/mol. The van der Waals surface area contributed by atoms with E-state index in [4.69, 9.17) is 9.63 Å². The van der Waals surface area contributed by atoms with Gasteiger partial charge in [0.05, 0.1) is 0 Å². The van der Waals surface area contributed by atoms with Gasteiger partial charge in [0, 0.05) is 25.2 Å². The first-order chi connectivity index (χ1) is 8.25. The maximum Gasteiger partial charge on any atom is 0.303 e. The number of H-pyrrole nitrogens is 1. The molecule has 2 heterocycles. The highest BCUT2D eigenvalue weighted by atomic mass is 16.5. The molecule has 0 aliphatic heterocycles. The smallest absolute Gasteiger partial charge is 0.303 e. The van der Waals surface area contributed by atoms with E-state index in [1.165, 1.54) is 0 Å². The Morgan fingerprint density at radius 1 is 1.47 bits per heavy atom. The number of hydrogen-bond acceptors (Lipinski definition) is 5. The molecule has 2 rings (SSSR count). The van der Waals surface area contributed by atoms with E-state index >= 15 is 0 Å². The summed E-state index contributed by atoms with van der Waals surface area (Å²) < 4.78 is 5.03. The topological polar surface area (TPSA) is 105 Å². The quantitative estimate of drug-likeness (QED) is 0.731. The van der Waals surface area contributed by atoms with E-state index < -0.39 is 5.97 Å². The van der Waals surface area contributed by atoms with E-state index in [0.717, 1.165) is 0 Å². The van der Waals surface area contributed by atoms with Crippen LogP contribution in [0.4, 0.5) is 0 Å². The van der Waals surface area contributed by atoms with Crippen molar-refractivity contribution in [3.8, 4) is 11.6 Å². The molecule has 0 aliphatic rings. The molecule has 0 aliphatic carbocycles. The zero-order valence-corrected chi connectivity index (χ0v) is 9.09. The van der Waals surface area contributed by atoms with Crippen molar-refractivity contribution < 1.29 is 14.4 Å². The second kappa shape index (κ2) is 5.24. The summed E-state index contributed by atoms with van der Waals surface area (Å²) in [5.41, 5.74) is 0. The molecule has 7 heteroatoms. The molecule has 2 N–H and O–H groups in total. The molecule has 0 atom stereocenters. The Kier molecular flexibility index (Phi) is 3.49. The number of nitrogens with one attached hydrogen (secondary N) is 1. The van der Waals surface area contributed by atoms with Crippen molar-refractivity contribution in [3.63, 3.8) is 0 Å². The number of carbonyl (C=O) groups is 1. The molecule has 0 amide bonds. The average Bonchev–Trinajstić information content (AvgIpc) is 2.94. The molecule has 2 aromatic heterocycles. The van der Waals surface area contributed by atoms with Gasteiger partial charge < -0.3 is 14.6 Å². The van der Waals surface area contributed by atoms with E-state index in [1.54, 1.807) is 12.4 Å². The minimum atomic E-state index is -0.785. The third-order valence-electron chi connectivity index (χ3n) is 2.21. The number of aryl methyl sites for hydroxylation is 1. The van der Waals surface area contributed by atoms with Crippen LogP contribution in [0.5, 0.6) is 0 Å². The van der Waals surface area contributed by atoms with Crippen molar-refractivity contribution >= 4 is 5.97 Å². The van der Waals surface area contributed by atoms with Crippen LogP contribution in [0.1, 0.15) is 25.2 Å². The first-order valence-corrected chi connectivity index (χ1v) is 5.30. The van der Waals surface area contributed by atoms with Gasteiger partial charge in [0.1, 0.15) is 0 Å². The maximum atomic E-state index is 10.3. The van der Waals surface area contributed by atoms with Gasteiger partial charge in [-0.05, 0) is 12.8 Å². The molecular formula is C10H12N4O3.